The minimum Gasteiger partial charge on any atom is -0.508 e. The van der Waals surface area contributed by atoms with Gasteiger partial charge in [-0.25, -0.2) is 4.90 Å². The number of rotatable bonds is 3. The molecule has 0 radical (unpaired) electrons. The molecule has 3 atom stereocenters. The number of hydrogen-bond donors (Lipinski definition) is 1. The molecular weight excluding hydrogens is 390 g/mol. The Morgan fingerprint density at radius 3 is 2.71 bits per heavy atom. The summed E-state index contributed by atoms with van der Waals surface area (Å²) >= 11 is 0. The van der Waals surface area contributed by atoms with Gasteiger partial charge in [0.15, 0.2) is 0 Å². The molecule has 3 aliphatic rings. The predicted molar refractivity (Wildman–Crippen MR) is 117 cm³/mol. The number of aromatic hydroxyl groups is 1. The summed E-state index contributed by atoms with van der Waals surface area (Å²) in [5.41, 5.74) is 2.31. The second-order valence-electron chi connectivity index (χ2n) is 8.51. The zero-order valence-electron chi connectivity index (χ0n) is 17.2. The maximum atomic E-state index is 13.8. The van der Waals surface area contributed by atoms with Crippen molar-refractivity contribution in [3.63, 3.8) is 0 Å². The fourth-order valence-electron chi connectivity index (χ4n) is 5.30. The number of carbonyl (C=O) groups is 2. The molecule has 5 heteroatoms. The predicted octanol–water partition coefficient (Wildman–Crippen LogP) is 4.54. The molecule has 0 spiro atoms. The molecule has 2 amide bonds. The Labute approximate surface area is 181 Å². The average molecular weight is 413 g/mol. The van der Waals surface area contributed by atoms with Crippen LogP contribution in [0.25, 0.3) is 0 Å². The minimum atomic E-state index is -0.950. The average Bonchev–Trinajstić information content (AvgIpc) is 2.98. The Bertz CT molecular complexity index is 1160. The second kappa shape index (κ2) is 6.98. The van der Waals surface area contributed by atoms with E-state index in [1.807, 2.05) is 31.2 Å². The van der Waals surface area contributed by atoms with Gasteiger partial charge >= 0.3 is 0 Å². The first-order chi connectivity index (χ1) is 14.9. The summed E-state index contributed by atoms with van der Waals surface area (Å²) in [6.45, 7) is 5.86. The molecule has 1 fully saturated rings. The number of fused-ring (bicyclic) bond motifs is 2. The third-order valence-corrected chi connectivity index (χ3v) is 6.83. The van der Waals surface area contributed by atoms with E-state index in [9.17, 15) is 14.7 Å². The maximum absolute atomic E-state index is 13.8. The molecule has 2 heterocycles. The fourth-order valence-corrected chi connectivity index (χ4v) is 5.30. The second-order valence-corrected chi connectivity index (χ2v) is 8.51. The summed E-state index contributed by atoms with van der Waals surface area (Å²) in [6.07, 6.45) is 6.50. The van der Waals surface area contributed by atoms with E-state index < -0.39 is 11.3 Å². The molecule has 5 rings (SSSR count). The molecular formula is C26H23NO4. The summed E-state index contributed by atoms with van der Waals surface area (Å²) in [7, 11) is 0. The number of carbonyl (C=O) groups excluding carboxylic acids is 2. The van der Waals surface area contributed by atoms with Gasteiger partial charge in [-0.1, -0.05) is 36.9 Å². The Kier molecular flexibility index (Phi) is 4.36. The van der Waals surface area contributed by atoms with Gasteiger partial charge in [0.1, 0.15) is 11.5 Å². The fraction of sp³-hybridized carbons (Fsp3) is 0.231. The van der Waals surface area contributed by atoms with E-state index in [1.54, 1.807) is 42.7 Å². The van der Waals surface area contributed by atoms with Gasteiger partial charge in [0.05, 0.1) is 23.3 Å². The zero-order chi connectivity index (χ0) is 21.8. The number of nitrogens with zero attached hydrogens (tertiary/aromatic N) is 1. The molecule has 156 valence electrons. The normalized spacial score (nSPS) is 27.1. The molecule has 2 aliphatic heterocycles. The topological polar surface area (TPSA) is 66.8 Å². The van der Waals surface area contributed by atoms with Crippen molar-refractivity contribution >= 4 is 17.5 Å². The molecule has 1 aliphatic carbocycles. The molecule has 5 nitrogen and oxygen atoms in total. The van der Waals surface area contributed by atoms with Crippen molar-refractivity contribution in [2.75, 3.05) is 4.90 Å². The van der Waals surface area contributed by atoms with Crippen molar-refractivity contribution in [1.29, 1.82) is 0 Å². The van der Waals surface area contributed by atoms with Gasteiger partial charge in [-0.05, 0) is 54.8 Å². The van der Waals surface area contributed by atoms with Crippen LogP contribution in [0, 0.1) is 17.3 Å². The van der Waals surface area contributed by atoms with Crippen LogP contribution in [0.2, 0.25) is 0 Å². The zero-order valence-corrected chi connectivity index (χ0v) is 17.2. The number of phenols is 1. The third-order valence-electron chi connectivity index (χ3n) is 6.83. The van der Waals surface area contributed by atoms with Crippen molar-refractivity contribution in [2.24, 2.45) is 17.3 Å². The standard InChI is InChI=1S/C26H23NO4/c1-3-16-9-11-21-24(29)27(19-7-5-4-6-8-19)25(30)26(21,2)23(16)18-13-17-14-20(28)10-12-22(17)31-15-18/h3-10,12,14-15,21,23,28H,1,11,13H2,2H3. The van der Waals surface area contributed by atoms with E-state index in [1.165, 1.54) is 4.90 Å². The van der Waals surface area contributed by atoms with Gasteiger partial charge < -0.3 is 9.84 Å². The lowest BCUT2D eigenvalue weighted by Crippen LogP contribution is -2.44. The molecule has 3 unspecified atom stereocenters. The monoisotopic (exact) mass is 413 g/mol. The molecule has 1 saturated heterocycles. The van der Waals surface area contributed by atoms with Gasteiger partial charge in [-0.3, -0.25) is 9.59 Å². The first-order valence-corrected chi connectivity index (χ1v) is 10.4. The van der Waals surface area contributed by atoms with Gasteiger partial charge in [0.2, 0.25) is 11.8 Å². The third kappa shape index (κ3) is 2.76. The van der Waals surface area contributed by atoms with Crippen molar-refractivity contribution in [3.05, 3.63) is 90.2 Å². The first kappa shape index (κ1) is 19.4. The van der Waals surface area contributed by atoms with Crippen LogP contribution >= 0.6 is 0 Å². The Balaban J connectivity index is 1.60. The number of phenolic OH excluding ortho intramolecular Hbond substituents is 1. The van der Waals surface area contributed by atoms with Gasteiger partial charge in [-0.2, -0.15) is 0 Å². The number of imide groups is 1. The summed E-state index contributed by atoms with van der Waals surface area (Å²) in [5.74, 6) is -0.321. The molecule has 0 aromatic heterocycles. The molecule has 2 aromatic carbocycles. The lowest BCUT2D eigenvalue weighted by molar-refractivity contribution is -0.128. The number of benzene rings is 2. The number of ether oxygens (including phenoxy) is 1. The number of allylic oxidation sites excluding steroid dienone is 4. The van der Waals surface area contributed by atoms with Crippen molar-refractivity contribution in [2.45, 2.75) is 19.8 Å². The van der Waals surface area contributed by atoms with Gasteiger partial charge in [0, 0.05) is 17.9 Å². The van der Waals surface area contributed by atoms with E-state index >= 15 is 0 Å². The van der Waals surface area contributed by atoms with E-state index in [2.05, 4.69) is 6.58 Å². The largest absolute Gasteiger partial charge is 0.508 e. The lowest BCUT2D eigenvalue weighted by Gasteiger charge is -2.41. The highest BCUT2D eigenvalue weighted by Gasteiger charge is 2.62. The van der Waals surface area contributed by atoms with E-state index in [-0.39, 0.29) is 23.5 Å². The maximum Gasteiger partial charge on any atom is 0.241 e. The molecule has 0 bridgehead atoms. The molecule has 0 saturated carbocycles. The minimum absolute atomic E-state index is 0.165. The summed E-state index contributed by atoms with van der Waals surface area (Å²) in [4.78, 5) is 28.5. The molecule has 2 aromatic rings. The number of anilines is 1. The van der Waals surface area contributed by atoms with Gasteiger partial charge in [-0.15, -0.1) is 0 Å². The highest BCUT2D eigenvalue weighted by molar-refractivity contribution is 6.24. The van der Waals surface area contributed by atoms with E-state index in [4.69, 9.17) is 4.74 Å². The van der Waals surface area contributed by atoms with Crippen LogP contribution in [0.3, 0.4) is 0 Å². The lowest BCUT2D eigenvalue weighted by atomic mass is 9.59. The smallest absolute Gasteiger partial charge is 0.241 e. The number of hydrogen-bond acceptors (Lipinski definition) is 4. The van der Waals surface area contributed by atoms with Crippen LogP contribution in [-0.4, -0.2) is 16.9 Å². The first-order valence-electron chi connectivity index (χ1n) is 10.4. The van der Waals surface area contributed by atoms with Crippen molar-refractivity contribution in [1.82, 2.24) is 0 Å². The van der Waals surface area contributed by atoms with Crippen LogP contribution in [0.15, 0.2) is 84.7 Å². The number of amides is 2. The molecule has 31 heavy (non-hydrogen) atoms. The van der Waals surface area contributed by atoms with Crippen LogP contribution in [-0.2, 0) is 16.0 Å². The van der Waals surface area contributed by atoms with Crippen LogP contribution in [0.5, 0.6) is 11.5 Å². The van der Waals surface area contributed by atoms with Crippen molar-refractivity contribution in [3.8, 4) is 11.5 Å². The Morgan fingerprint density at radius 2 is 1.97 bits per heavy atom. The van der Waals surface area contributed by atoms with E-state index in [0.29, 0.717) is 24.3 Å². The summed E-state index contributed by atoms with van der Waals surface area (Å²) in [5, 5.41) is 9.91. The van der Waals surface area contributed by atoms with Crippen molar-refractivity contribution < 1.29 is 19.4 Å². The van der Waals surface area contributed by atoms with Crippen LogP contribution < -0.4 is 9.64 Å². The Hall–Kier alpha value is -3.60. The Morgan fingerprint density at radius 1 is 1.19 bits per heavy atom. The quantitative estimate of drug-likeness (QED) is 0.751. The van der Waals surface area contributed by atoms with Crippen LogP contribution in [0.4, 0.5) is 5.69 Å². The van der Waals surface area contributed by atoms with Gasteiger partial charge in [0.25, 0.3) is 0 Å². The highest BCUT2D eigenvalue weighted by Crippen LogP contribution is 2.56. The summed E-state index contributed by atoms with van der Waals surface area (Å²) in [6, 6.07) is 14.1. The molecule has 1 N–H and O–H groups in total. The van der Waals surface area contributed by atoms with Crippen LogP contribution in [0.1, 0.15) is 18.9 Å². The van der Waals surface area contributed by atoms with E-state index in [0.717, 1.165) is 16.7 Å². The highest BCUT2D eigenvalue weighted by atomic mass is 16.5. The summed E-state index contributed by atoms with van der Waals surface area (Å²) < 4.78 is 5.86. The number of para-hydroxylation sites is 1. The SMILES string of the molecule is C=CC1=CCC2C(=O)N(c3ccccc3)C(=O)C2(C)C1C1=COc2ccc(O)cc2C1.